The van der Waals surface area contributed by atoms with E-state index in [1.54, 1.807) is 4.90 Å². The molecule has 1 aliphatic heterocycles. The molecule has 0 saturated carbocycles. The van der Waals surface area contributed by atoms with Gasteiger partial charge in [0.2, 0.25) is 0 Å². The highest BCUT2D eigenvalue weighted by atomic mass is 35.5. The van der Waals surface area contributed by atoms with E-state index in [9.17, 15) is 4.79 Å². The molecule has 0 unspecified atom stereocenters. The molecule has 1 aromatic rings. The van der Waals surface area contributed by atoms with Gasteiger partial charge in [0, 0.05) is 13.1 Å². The van der Waals surface area contributed by atoms with Crippen LogP contribution in [0.2, 0.25) is 10.0 Å². The van der Waals surface area contributed by atoms with E-state index in [2.05, 4.69) is 0 Å². The first kappa shape index (κ1) is 17.4. The second kappa shape index (κ2) is 5.91. The van der Waals surface area contributed by atoms with E-state index in [-0.39, 0.29) is 6.09 Å². The molecular weight excluding hydrogens is 323 g/mol. The molecule has 1 heterocycles. The van der Waals surface area contributed by atoms with Crippen molar-refractivity contribution in [2.24, 2.45) is 5.73 Å². The number of carbonyl (C=O) groups excluding carboxylic acids is 1. The lowest BCUT2D eigenvalue weighted by Gasteiger charge is -2.28. The largest absolute Gasteiger partial charge is 0.444 e. The van der Waals surface area contributed by atoms with Crippen LogP contribution in [0.1, 0.15) is 38.3 Å². The lowest BCUT2D eigenvalue weighted by Crippen LogP contribution is -2.42. The Kier molecular flexibility index (Phi) is 4.67. The Bertz CT molecular complexity index is 599. The zero-order valence-electron chi connectivity index (χ0n) is 13.4. The van der Waals surface area contributed by atoms with Crippen molar-refractivity contribution < 1.29 is 9.53 Å². The number of aryl methyl sites for hydroxylation is 1. The quantitative estimate of drug-likeness (QED) is 0.834. The second-order valence-corrected chi connectivity index (χ2v) is 7.62. The molecule has 0 spiro atoms. The lowest BCUT2D eigenvalue weighted by molar-refractivity contribution is 0.0284. The van der Waals surface area contributed by atoms with E-state index >= 15 is 0 Å². The SMILES string of the molecule is Cc1ccc([C@]2(N)CCN(C(=O)OC(C)(C)C)C2)c(Cl)c1Cl. The summed E-state index contributed by atoms with van der Waals surface area (Å²) in [5.74, 6) is 0. The topological polar surface area (TPSA) is 55.6 Å². The Morgan fingerprint density at radius 1 is 1.32 bits per heavy atom. The summed E-state index contributed by atoms with van der Waals surface area (Å²) in [6.07, 6.45) is 0.264. The number of carbonyl (C=O) groups is 1. The van der Waals surface area contributed by atoms with Crippen molar-refractivity contribution in [3.63, 3.8) is 0 Å². The summed E-state index contributed by atoms with van der Waals surface area (Å²) in [7, 11) is 0. The van der Waals surface area contributed by atoms with Crippen LogP contribution < -0.4 is 5.73 Å². The molecule has 1 amide bonds. The van der Waals surface area contributed by atoms with Gasteiger partial charge < -0.3 is 15.4 Å². The maximum atomic E-state index is 12.2. The maximum absolute atomic E-state index is 12.2. The van der Waals surface area contributed by atoms with Crippen molar-refractivity contribution in [2.45, 2.75) is 45.3 Å². The Labute approximate surface area is 141 Å². The van der Waals surface area contributed by atoms with Gasteiger partial charge in [-0.05, 0) is 45.2 Å². The molecule has 6 heteroatoms. The number of benzene rings is 1. The number of nitrogens with two attached hydrogens (primary N) is 1. The summed E-state index contributed by atoms with van der Waals surface area (Å²) in [5, 5.41) is 0.981. The Morgan fingerprint density at radius 3 is 2.55 bits per heavy atom. The van der Waals surface area contributed by atoms with Crippen molar-refractivity contribution in [2.75, 3.05) is 13.1 Å². The molecule has 1 aromatic carbocycles. The first-order chi connectivity index (χ1) is 10.0. The number of rotatable bonds is 1. The van der Waals surface area contributed by atoms with Gasteiger partial charge in [-0.2, -0.15) is 0 Å². The molecular formula is C16H22Cl2N2O2. The zero-order chi connectivity index (χ0) is 16.7. The molecule has 0 aromatic heterocycles. The van der Waals surface area contributed by atoms with Gasteiger partial charge in [0.25, 0.3) is 0 Å². The molecule has 1 fully saturated rings. The average Bonchev–Trinajstić information content (AvgIpc) is 2.78. The van der Waals surface area contributed by atoms with Crippen LogP contribution in [-0.4, -0.2) is 29.7 Å². The van der Waals surface area contributed by atoms with Gasteiger partial charge in [-0.1, -0.05) is 35.3 Å². The Hall–Kier alpha value is -0.970. The first-order valence-electron chi connectivity index (χ1n) is 7.25. The summed E-state index contributed by atoms with van der Waals surface area (Å²) in [6, 6.07) is 3.79. The minimum absolute atomic E-state index is 0.353. The van der Waals surface area contributed by atoms with Gasteiger partial charge in [0.15, 0.2) is 0 Å². The van der Waals surface area contributed by atoms with Gasteiger partial charge >= 0.3 is 6.09 Å². The predicted octanol–water partition coefficient (Wildman–Crippen LogP) is 4.10. The normalized spacial score (nSPS) is 22.0. The van der Waals surface area contributed by atoms with Crippen LogP contribution in [0.15, 0.2) is 12.1 Å². The van der Waals surface area contributed by atoms with Gasteiger partial charge in [0.05, 0.1) is 15.6 Å². The van der Waals surface area contributed by atoms with Crippen molar-refractivity contribution in [1.29, 1.82) is 0 Å². The zero-order valence-corrected chi connectivity index (χ0v) is 14.9. The standard InChI is InChI=1S/C16H22Cl2N2O2/c1-10-5-6-11(13(18)12(10)17)16(19)7-8-20(9-16)14(21)22-15(2,3)4/h5-6H,7-9,19H2,1-4H3/t16-/m0/s1. The van der Waals surface area contributed by atoms with Gasteiger partial charge in [-0.25, -0.2) is 4.79 Å². The van der Waals surface area contributed by atoms with Gasteiger partial charge in [-0.15, -0.1) is 0 Å². The van der Waals surface area contributed by atoms with Crippen LogP contribution in [0.4, 0.5) is 4.79 Å². The van der Waals surface area contributed by atoms with E-state index < -0.39 is 11.1 Å². The highest BCUT2D eigenvalue weighted by molar-refractivity contribution is 6.43. The molecule has 0 aliphatic carbocycles. The van der Waals surface area contributed by atoms with Gasteiger partial charge in [-0.3, -0.25) is 0 Å². The monoisotopic (exact) mass is 344 g/mol. The summed E-state index contributed by atoms with van der Waals surface area (Å²) in [6.45, 7) is 8.31. The average molecular weight is 345 g/mol. The molecule has 2 rings (SSSR count). The summed E-state index contributed by atoms with van der Waals surface area (Å²) >= 11 is 12.6. The lowest BCUT2D eigenvalue weighted by atomic mass is 9.89. The number of hydrogen-bond acceptors (Lipinski definition) is 3. The van der Waals surface area contributed by atoms with E-state index in [4.69, 9.17) is 33.7 Å². The molecule has 122 valence electrons. The molecule has 22 heavy (non-hydrogen) atoms. The third kappa shape index (κ3) is 3.50. The third-order valence-electron chi connectivity index (χ3n) is 3.76. The fourth-order valence-corrected chi connectivity index (χ4v) is 3.13. The molecule has 4 nitrogen and oxygen atoms in total. The van der Waals surface area contributed by atoms with Gasteiger partial charge in [0.1, 0.15) is 5.60 Å². The number of ether oxygens (including phenoxy) is 1. The van der Waals surface area contributed by atoms with Crippen LogP contribution in [0.25, 0.3) is 0 Å². The van der Waals surface area contributed by atoms with Crippen LogP contribution in [0.3, 0.4) is 0 Å². The Balaban J connectivity index is 2.21. The van der Waals surface area contributed by atoms with E-state index in [1.807, 2.05) is 39.8 Å². The number of nitrogens with zero attached hydrogens (tertiary/aromatic N) is 1. The van der Waals surface area contributed by atoms with Crippen molar-refractivity contribution in [3.05, 3.63) is 33.3 Å². The highest BCUT2D eigenvalue weighted by Gasteiger charge is 2.41. The number of hydrogen-bond donors (Lipinski definition) is 1. The van der Waals surface area contributed by atoms with E-state index in [0.717, 1.165) is 11.1 Å². The maximum Gasteiger partial charge on any atom is 0.410 e. The van der Waals surface area contributed by atoms with Crippen LogP contribution in [0.5, 0.6) is 0 Å². The minimum Gasteiger partial charge on any atom is -0.444 e. The summed E-state index contributed by atoms with van der Waals surface area (Å²) in [4.78, 5) is 13.8. The molecule has 1 saturated heterocycles. The third-order valence-corrected chi connectivity index (χ3v) is 4.74. The van der Waals surface area contributed by atoms with Crippen molar-refractivity contribution in [3.8, 4) is 0 Å². The van der Waals surface area contributed by atoms with E-state index in [0.29, 0.717) is 29.6 Å². The van der Waals surface area contributed by atoms with Crippen molar-refractivity contribution in [1.82, 2.24) is 4.90 Å². The van der Waals surface area contributed by atoms with Crippen molar-refractivity contribution >= 4 is 29.3 Å². The number of likely N-dealkylation sites (tertiary alicyclic amines) is 1. The first-order valence-corrected chi connectivity index (χ1v) is 8.01. The second-order valence-electron chi connectivity index (χ2n) is 6.87. The molecule has 1 aliphatic rings. The molecule has 2 N–H and O–H groups in total. The highest BCUT2D eigenvalue weighted by Crippen LogP contribution is 2.38. The summed E-state index contributed by atoms with van der Waals surface area (Å²) < 4.78 is 5.40. The molecule has 1 atom stereocenters. The predicted molar refractivity (Wildman–Crippen MR) is 89.5 cm³/mol. The van der Waals surface area contributed by atoms with Crippen LogP contribution >= 0.6 is 23.2 Å². The fourth-order valence-electron chi connectivity index (χ4n) is 2.57. The van der Waals surface area contributed by atoms with Crippen LogP contribution in [0, 0.1) is 6.92 Å². The number of amides is 1. The van der Waals surface area contributed by atoms with Crippen LogP contribution in [-0.2, 0) is 10.3 Å². The smallest absolute Gasteiger partial charge is 0.410 e. The van der Waals surface area contributed by atoms with E-state index in [1.165, 1.54) is 0 Å². The fraction of sp³-hybridized carbons (Fsp3) is 0.562. The number of halogens is 2. The molecule has 0 radical (unpaired) electrons. The summed E-state index contributed by atoms with van der Waals surface area (Å²) in [5.41, 5.74) is 6.95. The minimum atomic E-state index is -0.703. The molecule has 0 bridgehead atoms. The Morgan fingerprint density at radius 2 is 1.95 bits per heavy atom.